The highest BCUT2D eigenvalue weighted by molar-refractivity contribution is 7.80. The Morgan fingerprint density at radius 3 is 2.55 bits per heavy atom. The van der Waals surface area contributed by atoms with Crippen LogP contribution in [0.2, 0.25) is 0 Å². The molecule has 4 nitrogen and oxygen atoms in total. The first kappa shape index (κ1) is 17.2. The fourth-order valence-corrected chi connectivity index (χ4v) is 4.38. The number of rotatable bonds is 2. The van der Waals surface area contributed by atoms with Crippen LogP contribution in [0.15, 0.2) is 0 Å². The van der Waals surface area contributed by atoms with Gasteiger partial charge in [0.2, 0.25) is 0 Å². The summed E-state index contributed by atoms with van der Waals surface area (Å²) in [5, 5.41) is 7.76. The van der Waals surface area contributed by atoms with Crippen LogP contribution in [0, 0.1) is 0 Å². The highest BCUT2D eigenvalue weighted by Gasteiger charge is 2.26. The van der Waals surface area contributed by atoms with Crippen LogP contribution in [0.5, 0.6) is 0 Å². The standard InChI is InChI=1S/C16H24N2O2S2/c1-16(2,3)18-15(21)17-13-12(14(19)20-4)10-8-6-5-7-9-11(10)22-13/h5-9H2,1-4H3,(H2,17,18,21). The van der Waals surface area contributed by atoms with Gasteiger partial charge in [-0.2, -0.15) is 0 Å². The maximum Gasteiger partial charge on any atom is 0.341 e. The zero-order valence-corrected chi connectivity index (χ0v) is 15.3. The second kappa shape index (κ2) is 6.96. The average Bonchev–Trinajstić information content (AvgIpc) is 2.58. The molecule has 1 aliphatic carbocycles. The quantitative estimate of drug-likeness (QED) is 0.486. The van der Waals surface area contributed by atoms with Gasteiger partial charge in [-0.15, -0.1) is 11.3 Å². The summed E-state index contributed by atoms with van der Waals surface area (Å²) in [5.74, 6) is -0.277. The number of aryl methyl sites for hydroxylation is 1. The lowest BCUT2D eigenvalue weighted by atomic mass is 10.1. The molecule has 1 aromatic rings. The zero-order chi connectivity index (χ0) is 16.3. The van der Waals surface area contributed by atoms with Gasteiger partial charge in [-0.05, 0) is 64.2 Å². The number of nitrogens with one attached hydrogen (secondary N) is 2. The predicted molar refractivity (Wildman–Crippen MR) is 96.0 cm³/mol. The Kier molecular flexibility index (Phi) is 5.45. The Morgan fingerprint density at radius 1 is 1.23 bits per heavy atom. The van der Waals surface area contributed by atoms with Crippen LogP contribution in [-0.2, 0) is 17.6 Å². The molecule has 0 unspecified atom stereocenters. The molecule has 0 aromatic carbocycles. The van der Waals surface area contributed by atoms with E-state index in [4.69, 9.17) is 17.0 Å². The molecule has 1 aromatic heterocycles. The summed E-state index contributed by atoms with van der Waals surface area (Å²) in [6, 6.07) is 0. The van der Waals surface area contributed by atoms with E-state index in [9.17, 15) is 4.79 Å². The van der Waals surface area contributed by atoms with E-state index in [0.717, 1.165) is 29.8 Å². The molecular formula is C16H24N2O2S2. The largest absolute Gasteiger partial charge is 0.465 e. The number of hydrogen-bond acceptors (Lipinski definition) is 4. The maximum atomic E-state index is 12.2. The van der Waals surface area contributed by atoms with E-state index in [1.165, 1.54) is 24.8 Å². The fraction of sp³-hybridized carbons (Fsp3) is 0.625. The summed E-state index contributed by atoms with van der Waals surface area (Å²) in [6.45, 7) is 6.14. The molecule has 0 amide bonds. The minimum absolute atomic E-state index is 0.121. The van der Waals surface area contributed by atoms with Gasteiger partial charge in [-0.3, -0.25) is 0 Å². The van der Waals surface area contributed by atoms with Gasteiger partial charge in [0.25, 0.3) is 0 Å². The maximum absolute atomic E-state index is 12.2. The summed E-state index contributed by atoms with van der Waals surface area (Å²) in [5.41, 5.74) is 1.70. The van der Waals surface area contributed by atoms with Gasteiger partial charge in [0.15, 0.2) is 5.11 Å². The van der Waals surface area contributed by atoms with Gasteiger partial charge in [0, 0.05) is 10.4 Å². The van der Waals surface area contributed by atoms with Crippen molar-refractivity contribution >= 4 is 39.6 Å². The van der Waals surface area contributed by atoms with Crippen LogP contribution in [0.25, 0.3) is 0 Å². The van der Waals surface area contributed by atoms with Gasteiger partial charge in [0.05, 0.1) is 12.7 Å². The number of thiophene rings is 1. The molecule has 1 heterocycles. The lowest BCUT2D eigenvalue weighted by Gasteiger charge is -2.22. The first-order valence-corrected chi connectivity index (χ1v) is 8.86. The van der Waals surface area contributed by atoms with E-state index in [2.05, 4.69) is 10.6 Å². The van der Waals surface area contributed by atoms with Crippen LogP contribution < -0.4 is 10.6 Å². The Hall–Kier alpha value is -1.14. The molecule has 0 atom stereocenters. The lowest BCUT2D eigenvalue weighted by Crippen LogP contribution is -2.43. The molecule has 0 aliphatic heterocycles. The van der Waals surface area contributed by atoms with Gasteiger partial charge in [-0.25, -0.2) is 4.79 Å². The number of thiocarbonyl (C=S) groups is 1. The summed E-state index contributed by atoms with van der Waals surface area (Å²) < 4.78 is 4.99. The molecular weight excluding hydrogens is 316 g/mol. The van der Waals surface area contributed by atoms with Gasteiger partial charge >= 0.3 is 5.97 Å². The third-order valence-corrected chi connectivity index (χ3v) is 4.94. The molecule has 0 radical (unpaired) electrons. The van der Waals surface area contributed by atoms with Crippen molar-refractivity contribution in [3.05, 3.63) is 16.0 Å². The van der Waals surface area contributed by atoms with Crippen molar-refractivity contribution in [1.29, 1.82) is 0 Å². The van der Waals surface area contributed by atoms with Gasteiger partial charge in [-0.1, -0.05) is 6.42 Å². The van der Waals surface area contributed by atoms with Crippen LogP contribution in [0.4, 0.5) is 5.00 Å². The topological polar surface area (TPSA) is 50.4 Å². The van der Waals surface area contributed by atoms with Crippen molar-refractivity contribution in [3.63, 3.8) is 0 Å². The third-order valence-electron chi connectivity index (χ3n) is 3.53. The van der Waals surface area contributed by atoms with E-state index in [0.29, 0.717) is 10.7 Å². The molecule has 0 fully saturated rings. The number of hydrogen-bond donors (Lipinski definition) is 2. The van der Waals surface area contributed by atoms with Crippen molar-refractivity contribution in [3.8, 4) is 0 Å². The summed E-state index contributed by atoms with van der Waals surface area (Å²) >= 11 is 7.00. The number of ether oxygens (including phenoxy) is 1. The Balaban J connectivity index is 2.30. The Morgan fingerprint density at radius 2 is 1.91 bits per heavy atom. The predicted octanol–water partition coefficient (Wildman–Crippen LogP) is 3.89. The summed E-state index contributed by atoms with van der Waals surface area (Å²) in [6.07, 6.45) is 5.49. The monoisotopic (exact) mass is 340 g/mol. The van der Waals surface area contributed by atoms with Gasteiger partial charge < -0.3 is 15.4 Å². The highest BCUT2D eigenvalue weighted by atomic mass is 32.1. The number of esters is 1. The molecule has 0 spiro atoms. The number of anilines is 1. The van der Waals surface area contributed by atoms with Crippen LogP contribution in [-0.4, -0.2) is 23.7 Å². The average molecular weight is 341 g/mol. The third kappa shape index (κ3) is 4.20. The molecule has 0 saturated carbocycles. The SMILES string of the molecule is COC(=O)c1c(NC(=S)NC(C)(C)C)sc2c1CCCCC2. The summed E-state index contributed by atoms with van der Waals surface area (Å²) in [7, 11) is 1.43. The van der Waals surface area contributed by atoms with E-state index in [1.54, 1.807) is 11.3 Å². The Bertz CT molecular complexity index is 573. The highest BCUT2D eigenvalue weighted by Crippen LogP contribution is 2.37. The van der Waals surface area contributed by atoms with Crippen molar-refractivity contribution < 1.29 is 9.53 Å². The normalized spacial score (nSPS) is 14.7. The Labute approximate surface area is 141 Å². The number of methoxy groups -OCH3 is 1. The second-order valence-electron chi connectivity index (χ2n) is 6.59. The molecule has 0 saturated heterocycles. The molecule has 122 valence electrons. The molecule has 2 rings (SSSR count). The second-order valence-corrected chi connectivity index (χ2v) is 8.10. The van der Waals surface area contributed by atoms with Crippen LogP contribution >= 0.6 is 23.6 Å². The number of carbonyl (C=O) groups is 1. The van der Waals surface area contributed by atoms with Crippen molar-refractivity contribution in [1.82, 2.24) is 5.32 Å². The van der Waals surface area contributed by atoms with Crippen molar-refractivity contribution in [2.75, 3.05) is 12.4 Å². The van der Waals surface area contributed by atoms with Crippen LogP contribution in [0.3, 0.4) is 0 Å². The number of fused-ring (bicyclic) bond motifs is 1. The molecule has 1 aliphatic rings. The zero-order valence-electron chi connectivity index (χ0n) is 13.7. The minimum Gasteiger partial charge on any atom is -0.465 e. The van der Waals surface area contributed by atoms with E-state index in [-0.39, 0.29) is 11.5 Å². The molecule has 0 bridgehead atoms. The fourth-order valence-electron chi connectivity index (χ4n) is 2.62. The lowest BCUT2D eigenvalue weighted by molar-refractivity contribution is 0.0601. The first-order valence-electron chi connectivity index (χ1n) is 7.64. The van der Waals surface area contributed by atoms with Gasteiger partial charge in [0.1, 0.15) is 5.00 Å². The van der Waals surface area contributed by atoms with E-state index >= 15 is 0 Å². The van der Waals surface area contributed by atoms with Crippen molar-refractivity contribution in [2.45, 2.75) is 58.4 Å². The minimum atomic E-state index is -0.277. The molecule has 2 N–H and O–H groups in total. The number of carbonyl (C=O) groups excluding carboxylic acids is 1. The molecule has 22 heavy (non-hydrogen) atoms. The summed E-state index contributed by atoms with van der Waals surface area (Å²) in [4.78, 5) is 13.5. The van der Waals surface area contributed by atoms with E-state index in [1.807, 2.05) is 20.8 Å². The molecule has 6 heteroatoms. The smallest absolute Gasteiger partial charge is 0.341 e. The van der Waals surface area contributed by atoms with Crippen molar-refractivity contribution in [2.24, 2.45) is 0 Å². The van der Waals surface area contributed by atoms with Crippen LogP contribution in [0.1, 0.15) is 60.8 Å². The first-order chi connectivity index (χ1) is 10.3. The van der Waals surface area contributed by atoms with E-state index < -0.39 is 0 Å².